The van der Waals surface area contributed by atoms with Crippen LogP contribution in [0.3, 0.4) is 0 Å². The predicted octanol–water partition coefficient (Wildman–Crippen LogP) is 2.40. The smallest absolute Gasteiger partial charge is 0.258 e. The zero-order valence-corrected chi connectivity index (χ0v) is 16.1. The predicted molar refractivity (Wildman–Crippen MR) is 103 cm³/mol. The SMILES string of the molecule is CN(C)C(=O)c1cnn2c(C3CCCN3C(=O)Cc3cccs3)ccnc12. The van der Waals surface area contributed by atoms with Gasteiger partial charge in [-0.25, -0.2) is 9.50 Å². The maximum atomic E-state index is 12.9. The van der Waals surface area contributed by atoms with Crippen LogP contribution in [0.5, 0.6) is 0 Å². The number of thiophene rings is 1. The third-order valence-electron chi connectivity index (χ3n) is 4.89. The highest BCUT2D eigenvalue weighted by Gasteiger charge is 2.32. The van der Waals surface area contributed by atoms with Crippen molar-refractivity contribution >= 4 is 28.8 Å². The number of rotatable bonds is 4. The van der Waals surface area contributed by atoms with Gasteiger partial charge < -0.3 is 9.80 Å². The minimum atomic E-state index is -0.133. The molecule has 8 heteroatoms. The van der Waals surface area contributed by atoms with E-state index in [1.165, 1.54) is 4.90 Å². The molecule has 0 saturated carbocycles. The molecule has 3 aromatic rings. The average molecular weight is 383 g/mol. The summed E-state index contributed by atoms with van der Waals surface area (Å²) in [7, 11) is 3.41. The van der Waals surface area contributed by atoms with Crippen LogP contribution in [0.15, 0.2) is 36.0 Å². The average Bonchev–Trinajstić information content (AvgIpc) is 3.40. The van der Waals surface area contributed by atoms with Crippen LogP contribution in [0.1, 0.15) is 39.8 Å². The van der Waals surface area contributed by atoms with Gasteiger partial charge in [-0.1, -0.05) is 6.07 Å². The third-order valence-corrected chi connectivity index (χ3v) is 5.76. The number of amides is 2. The van der Waals surface area contributed by atoms with Gasteiger partial charge in [0.1, 0.15) is 5.56 Å². The molecule has 0 bridgehead atoms. The normalized spacial score (nSPS) is 16.8. The molecule has 0 radical (unpaired) electrons. The maximum Gasteiger partial charge on any atom is 0.258 e. The molecule has 1 saturated heterocycles. The van der Waals surface area contributed by atoms with E-state index in [1.807, 2.05) is 28.5 Å². The van der Waals surface area contributed by atoms with Gasteiger partial charge in [0.15, 0.2) is 5.65 Å². The Morgan fingerprint density at radius 2 is 2.19 bits per heavy atom. The molecule has 1 aliphatic rings. The molecule has 0 aliphatic carbocycles. The van der Waals surface area contributed by atoms with Crippen LogP contribution in [0.25, 0.3) is 5.65 Å². The topological polar surface area (TPSA) is 70.8 Å². The molecular weight excluding hydrogens is 362 g/mol. The largest absolute Gasteiger partial charge is 0.345 e. The minimum absolute atomic E-state index is 0.0508. The van der Waals surface area contributed by atoms with Gasteiger partial charge in [-0.05, 0) is 30.4 Å². The minimum Gasteiger partial charge on any atom is -0.345 e. The summed E-state index contributed by atoms with van der Waals surface area (Å²) in [5.41, 5.74) is 1.90. The highest BCUT2D eigenvalue weighted by Crippen LogP contribution is 2.33. The van der Waals surface area contributed by atoms with Crippen LogP contribution in [-0.4, -0.2) is 56.9 Å². The Hall–Kier alpha value is -2.74. The standard InChI is InChI=1S/C19H21N5O2S/c1-22(2)19(26)14-12-21-24-16(7-8-20-18(14)24)15-6-3-9-23(15)17(25)11-13-5-4-10-27-13/h4-5,7-8,10,12,15H,3,6,9,11H2,1-2H3. The Labute approximate surface area is 161 Å². The van der Waals surface area contributed by atoms with E-state index in [9.17, 15) is 9.59 Å². The monoisotopic (exact) mass is 383 g/mol. The number of likely N-dealkylation sites (tertiary alicyclic amines) is 1. The Kier molecular flexibility index (Phi) is 4.65. The number of hydrogen-bond donors (Lipinski definition) is 0. The summed E-state index contributed by atoms with van der Waals surface area (Å²) in [4.78, 5) is 34.1. The summed E-state index contributed by atoms with van der Waals surface area (Å²) < 4.78 is 1.71. The zero-order valence-electron chi connectivity index (χ0n) is 15.3. The molecule has 1 aliphatic heterocycles. The van der Waals surface area contributed by atoms with Crippen LogP contribution >= 0.6 is 11.3 Å². The number of aromatic nitrogens is 3. The van der Waals surface area contributed by atoms with Gasteiger partial charge in [0.2, 0.25) is 5.91 Å². The molecule has 1 fully saturated rings. The molecule has 0 N–H and O–H groups in total. The van der Waals surface area contributed by atoms with Gasteiger partial charge in [-0.2, -0.15) is 5.10 Å². The van der Waals surface area contributed by atoms with Gasteiger partial charge in [0, 0.05) is 31.7 Å². The highest BCUT2D eigenvalue weighted by molar-refractivity contribution is 7.10. The molecule has 0 aromatic carbocycles. The molecule has 2 amide bonds. The Morgan fingerprint density at radius 3 is 2.93 bits per heavy atom. The first-order valence-corrected chi connectivity index (χ1v) is 9.80. The van der Waals surface area contributed by atoms with Crippen molar-refractivity contribution < 1.29 is 9.59 Å². The zero-order chi connectivity index (χ0) is 19.0. The van der Waals surface area contributed by atoms with Gasteiger partial charge >= 0.3 is 0 Å². The quantitative estimate of drug-likeness (QED) is 0.694. The molecule has 0 spiro atoms. The van der Waals surface area contributed by atoms with E-state index in [1.54, 1.807) is 42.3 Å². The van der Waals surface area contributed by atoms with Crippen LogP contribution < -0.4 is 0 Å². The lowest BCUT2D eigenvalue weighted by atomic mass is 10.1. The fraction of sp³-hybridized carbons (Fsp3) is 0.368. The summed E-state index contributed by atoms with van der Waals surface area (Å²) in [6.45, 7) is 0.740. The van der Waals surface area contributed by atoms with E-state index in [2.05, 4.69) is 10.1 Å². The summed E-state index contributed by atoms with van der Waals surface area (Å²) in [5, 5.41) is 6.40. The fourth-order valence-electron chi connectivity index (χ4n) is 3.59. The number of hydrogen-bond acceptors (Lipinski definition) is 5. The first-order valence-electron chi connectivity index (χ1n) is 8.92. The lowest BCUT2D eigenvalue weighted by molar-refractivity contribution is -0.131. The molecule has 4 heterocycles. The van der Waals surface area contributed by atoms with E-state index in [-0.39, 0.29) is 17.9 Å². The van der Waals surface area contributed by atoms with E-state index in [4.69, 9.17) is 0 Å². The summed E-state index contributed by atoms with van der Waals surface area (Å²) in [6, 6.07) is 5.80. The van der Waals surface area contributed by atoms with Crippen molar-refractivity contribution in [1.82, 2.24) is 24.4 Å². The maximum absolute atomic E-state index is 12.9. The summed E-state index contributed by atoms with van der Waals surface area (Å²) in [5.74, 6) is -0.00615. The molecule has 27 heavy (non-hydrogen) atoms. The highest BCUT2D eigenvalue weighted by atomic mass is 32.1. The van der Waals surface area contributed by atoms with Gasteiger partial charge in [-0.15, -0.1) is 11.3 Å². The van der Waals surface area contributed by atoms with E-state index in [0.29, 0.717) is 17.6 Å². The van der Waals surface area contributed by atoms with Gasteiger partial charge in [0.05, 0.1) is 24.4 Å². The lowest BCUT2D eigenvalue weighted by Gasteiger charge is -2.25. The van der Waals surface area contributed by atoms with Crippen molar-refractivity contribution in [2.24, 2.45) is 0 Å². The molecule has 140 valence electrons. The van der Waals surface area contributed by atoms with Crippen LogP contribution in [-0.2, 0) is 11.2 Å². The van der Waals surface area contributed by atoms with Crippen LogP contribution in [0.2, 0.25) is 0 Å². The van der Waals surface area contributed by atoms with E-state index >= 15 is 0 Å². The van der Waals surface area contributed by atoms with Crippen molar-refractivity contribution in [3.05, 3.63) is 52.1 Å². The molecule has 7 nitrogen and oxygen atoms in total. The Bertz CT molecular complexity index is 979. The van der Waals surface area contributed by atoms with Crippen molar-refractivity contribution in [3.8, 4) is 0 Å². The second-order valence-corrected chi connectivity index (χ2v) is 7.90. The van der Waals surface area contributed by atoms with Gasteiger partial charge in [-0.3, -0.25) is 9.59 Å². The van der Waals surface area contributed by atoms with Gasteiger partial charge in [0.25, 0.3) is 5.91 Å². The first kappa shape index (κ1) is 17.7. The van der Waals surface area contributed by atoms with Crippen molar-refractivity contribution in [3.63, 3.8) is 0 Å². The molecule has 1 atom stereocenters. The van der Waals surface area contributed by atoms with Crippen molar-refractivity contribution in [1.29, 1.82) is 0 Å². The second kappa shape index (κ2) is 7.11. The first-order chi connectivity index (χ1) is 13.1. The summed E-state index contributed by atoms with van der Waals surface area (Å²) in [6.07, 6.45) is 5.51. The fourth-order valence-corrected chi connectivity index (χ4v) is 4.29. The Morgan fingerprint density at radius 1 is 1.33 bits per heavy atom. The summed E-state index contributed by atoms with van der Waals surface area (Å²) >= 11 is 1.60. The number of carbonyl (C=O) groups excluding carboxylic acids is 2. The number of nitrogens with zero attached hydrogens (tertiary/aromatic N) is 5. The molecule has 3 aromatic heterocycles. The van der Waals surface area contributed by atoms with Crippen LogP contribution in [0, 0.1) is 0 Å². The number of fused-ring (bicyclic) bond motifs is 1. The molecule has 4 rings (SSSR count). The Balaban J connectivity index is 1.67. The van der Waals surface area contributed by atoms with Crippen molar-refractivity contribution in [2.45, 2.75) is 25.3 Å². The van der Waals surface area contributed by atoms with E-state index in [0.717, 1.165) is 30.0 Å². The third kappa shape index (κ3) is 3.21. The van der Waals surface area contributed by atoms with E-state index < -0.39 is 0 Å². The lowest BCUT2D eigenvalue weighted by Crippen LogP contribution is -2.32. The van der Waals surface area contributed by atoms with Crippen molar-refractivity contribution in [2.75, 3.05) is 20.6 Å². The van der Waals surface area contributed by atoms with Crippen LogP contribution in [0.4, 0.5) is 0 Å². The molecular formula is C19H21N5O2S. The number of carbonyl (C=O) groups is 2. The molecule has 1 unspecified atom stereocenters. The second-order valence-electron chi connectivity index (χ2n) is 6.86.